The van der Waals surface area contributed by atoms with Crippen LogP contribution in [-0.4, -0.2) is 25.2 Å². The van der Waals surface area contributed by atoms with Crippen LogP contribution in [0.25, 0.3) is 0 Å². The Bertz CT molecular complexity index is 388. The van der Waals surface area contributed by atoms with E-state index in [0.717, 1.165) is 6.42 Å². The average Bonchev–Trinajstić information content (AvgIpc) is 2.26. The highest BCUT2D eigenvalue weighted by Crippen LogP contribution is 2.16. The van der Waals surface area contributed by atoms with Gasteiger partial charge in [-0.05, 0) is 38.5 Å². The summed E-state index contributed by atoms with van der Waals surface area (Å²) in [6.07, 6.45) is 0.994. The molecule has 0 saturated heterocycles. The summed E-state index contributed by atoms with van der Waals surface area (Å²) in [6, 6.07) is 4.80. The van der Waals surface area contributed by atoms with Gasteiger partial charge < -0.3 is 15.8 Å². The molecule has 0 aliphatic carbocycles. The van der Waals surface area contributed by atoms with Crippen LogP contribution in [0, 0.1) is 0 Å². The molecule has 1 amide bonds. The number of amides is 1. The highest BCUT2D eigenvalue weighted by atomic mass is 35.5. The predicted octanol–water partition coefficient (Wildman–Crippen LogP) is 2.47. The highest BCUT2D eigenvalue weighted by Gasteiger charge is 2.06. The Morgan fingerprint density at radius 3 is 2.78 bits per heavy atom. The van der Waals surface area contributed by atoms with E-state index in [1.807, 2.05) is 13.8 Å². The third-order valence-corrected chi connectivity index (χ3v) is 2.46. The van der Waals surface area contributed by atoms with Crippen molar-refractivity contribution in [3.05, 3.63) is 28.8 Å². The Labute approximate surface area is 112 Å². The minimum absolute atomic E-state index is 0.172. The average molecular weight is 271 g/mol. The molecule has 0 bridgehead atoms. The van der Waals surface area contributed by atoms with Gasteiger partial charge in [0.2, 0.25) is 0 Å². The number of nitrogen functional groups attached to an aromatic ring is 1. The fourth-order valence-corrected chi connectivity index (χ4v) is 1.68. The fraction of sp³-hybridized carbons (Fsp3) is 0.462. The van der Waals surface area contributed by atoms with Gasteiger partial charge in [0.15, 0.2) is 0 Å². The predicted molar refractivity (Wildman–Crippen MR) is 73.9 cm³/mol. The maximum absolute atomic E-state index is 11.8. The summed E-state index contributed by atoms with van der Waals surface area (Å²) >= 11 is 5.83. The second-order valence-electron chi connectivity index (χ2n) is 4.30. The lowest BCUT2D eigenvalue weighted by molar-refractivity contribution is 0.0757. The highest BCUT2D eigenvalue weighted by molar-refractivity contribution is 6.31. The molecule has 0 aliphatic heterocycles. The summed E-state index contributed by atoms with van der Waals surface area (Å²) in [7, 11) is 0. The minimum Gasteiger partial charge on any atom is -0.399 e. The van der Waals surface area contributed by atoms with Crippen LogP contribution in [0.1, 0.15) is 30.6 Å². The zero-order chi connectivity index (χ0) is 13.5. The first-order valence-electron chi connectivity index (χ1n) is 5.95. The van der Waals surface area contributed by atoms with Crippen molar-refractivity contribution in [2.24, 2.45) is 0 Å². The number of anilines is 1. The maximum atomic E-state index is 11.8. The van der Waals surface area contributed by atoms with Crippen molar-refractivity contribution in [3.8, 4) is 0 Å². The van der Waals surface area contributed by atoms with Gasteiger partial charge in [0.25, 0.3) is 5.91 Å². The summed E-state index contributed by atoms with van der Waals surface area (Å²) in [4.78, 5) is 11.8. The van der Waals surface area contributed by atoms with Gasteiger partial charge in [0.1, 0.15) is 0 Å². The monoisotopic (exact) mass is 270 g/mol. The van der Waals surface area contributed by atoms with Crippen molar-refractivity contribution >= 4 is 23.2 Å². The number of nitrogens with one attached hydrogen (secondary N) is 1. The lowest BCUT2D eigenvalue weighted by Gasteiger charge is -2.08. The van der Waals surface area contributed by atoms with Gasteiger partial charge in [0.05, 0.1) is 6.10 Å². The van der Waals surface area contributed by atoms with Gasteiger partial charge in [-0.2, -0.15) is 0 Å². The Morgan fingerprint density at radius 1 is 1.44 bits per heavy atom. The summed E-state index contributed by atoms with van der Waals surface area (Å²) in [5.41, 5.74) is 6.58. The molecule has 0 spiro atoms. The zero-order valence-electron chi connectivity index (χ0n) is 10.7. The molecule has 3 N–H and O–H groups in total. The first-order valence-corrected chi connectivity index (χ1v) is 6.32. The van der Waals surface area contributed by atoms with E-state index in [1.54, 1.807) is 18.2 Å². The number of carbonyl (C=O) groups excluding carboxylic acids is 1. The van der Waals surface area contributed by atoms with Gasteiger partial charge >= 0.3 is 0 Å². The van der Waals surface area contributed by atoms with Crippen LogP contribution in [0.2, 0.25) is 5.02 Å². The van der Waals surface area contributed by atoms with Crippen LogP contribution in [0.3, 0.4) is 0 Å². The van der Waals surface area contributed by atoms with E-state index in [-0.39, 0.29) is 12.0 Å². The molecule has 1 aromatic rings. The smallest absolute Gasteiger partial charge is 0.251 e. The molecule has 0 fully saturated rings. The molecule has 100 valence electrons. The molecule has 0 saturated carbocycles. The SMILES string of the molecule is CC(C)OCCCNC(=O)c1cc(N)cc(Cl)c1. The lowest BCUT2D eigenvalue weighted by Crippen LogP contribution is -2.25. The Morgan fingerprint density at radius 2 is 2.17 bits per heavy atom. The van der Waals surface area contributed by atoms with Gasteiger partial charge in [0, 0.05) is 29.4 Å². The van der Waals surface area contributed by atoms with E-state index in [9.17, 15) is 4.79 Å². The minimum atomic E-state index is -0.172. The summed E-state index contributed by atoms with van der Waals surface area (Å²) in [5.74, 6) is -0.172. The van der Waals surface area contributed by atoms with E-state index in [0.29, 0.717) is 29.4 Å². The van der Waals surface area contributed by atoms with E-state index < -0.39 is 0 Å². The number of halogens is 1. The number of hydrogen-bond acceptors (Lipinski definition) is 3. The maximum Gasteiger partial charge on any atom is 0.251 e. The summed E-state index contributed by atoms with van der Waals surface area (Å²) in [5, 5.41) is 3.26. The number of ether oxygens (including phenoxy) is 1. The van der Waals surface area contributed by atoms with E-state index in [1.165, 1.54) is 0 Å². The first kappa shape index (κ1) is 14.8. The number of rotatable bonds is 6. The van der Waals surface area contributed by atoms with Crippen molar-refractivity contribution in [1.82, 2.24) is 5.32 Å². The molecule has 1 aromatic carbocycles. The quantitative estimate of drug-likeness (QED) is 0.616. The van der Waals surface area contributed by atoms with E-state index >= 15 is 0 Å². The normalized spacial score (nSPS) is 10.7. The molecule has 0 aliphatic rings. The van der Waals surface area contributed by atoms with Crippen molar-refractivity contribution in [1.29, 1.82) is 0 Å². The molecule has 18 heavy (non-hydrogen) atoms. The van der Waals surface area contributed by atoms with Crippen molar-refractivity contribution in [2.75, 3.05) is 18.9 Å². The van der Waals surface area contributed by atoms with Crippen LogP contribution < -0.4 is 11.1 Å². The second-order valence-corrected chi connectivity index (χ2v) is 4.74. The molecular formula is C13H19ClN2O2. The van der Waals surface area contributed by atoms with E-state index in [4.69, 9.17) is 22.1 Å². The van der Waals surface area contributed by atoms with Crippen molar-refractivity contribution in [2.45, 2.75) is 26.4 Å². The van der Waals surface area contributed by atoms with Crippen LogP contribution in [0.5, 0.6) is 0 Å². The van der Waals surface area contributed by atoms with Gasteiger partial charge in [-0.25, -0.2) is 0 Å². The third-order valence-electron chi connectivity index (χ3n) is 2.24. The van der Waals surface area contributed by atoms with Crippen LogP contribution in [0.15, 0.2) is 18.2 Å². The third kappa shape index (κ3) is 5.38. The molecular weight excluding hydrogens is 252 g/mol. The van der Waals surface area contributed by atoms with Crippen LogP contribution in [0.4, 0.5) is 5.69 Å². The molecule has 0 radical (unpaired) electrons. The van der Waals surface area contributed by atoms with Gasteiger partial charge in [-0.1, -0.05) is 11.6 Å². The summed E-state index contributed by atoms with van der Waals surface area (Å²) in [6.45, 7) is 5.16. The number of hydrogen-bond donors (Lipinski definition) is 2. The van der Waals surface area contributed by atoms with Gasteiger partial charge in [-0.3, -0.25) is 4.79 Å². The standard InChI is InChI=1S/C13H19ClN2O2/c1-9(2)18-5-3-4-16-13(17)10-6-11(14)8-12(15)7-10/h6-9H,3-5,15H2,1-2H3,(H,16,17). The Kier molecular flexibility index (Phi) is 5.95. The van der Waals surface area contributed by atoms with Crippen LogP contribution in [-0.2, 0) is 4.74 Å². The van der Waals surface area contributed by atoms with E-state index in [2.05, 4.69) is 5.32 Å². The second kappa shape index (κ2) is 7.24. The molecule has 0 heterocycles. The molecule has 5 heteroatoms. The lowest BCUT2D eigenvalue weighted by atomic mass is 10.2. The molecule has 1 rings (SSSR count). The van der Waals surface area contributed by atoms with Gasteiger partial charge in [-0.15, -0.1) is 0 Å². The van der Waals surface area contributed by atoms with Crippen LogP contribution >= 0.6 is 11.6 Å². The van der Waals surface area contributed by atoms with Crippen molar-refractivity contribution in [3.63, 3.8) is 0 Å². The number of benzene rings is 1. The molecule has 0 atom stereocenters. The number of carbonyl (C=O) groups is 1. The molecule has 4 nitrogen and oxygen atoms in total. The fourth-order valence-electron chi connectivity index (χ4n) is 1.44. The first-order chi connectivity index (χ1) is 8.49. The zero-order valence-corrected chi connectivity index (χ0v) is 11.5. The summed E-state index contributed by atoms with van der Waals surface area (Å²) < 4.78 is 5.38. The number of nitrogens with two attached hydrogens (primary N) is 1. The Balaban J connectivity index is 2.36. The molecule has 0 aromatic heterocycles. The topological polar surface area (TPSA) is 64.3 Å². The Hall–Kier alpha value is -1.26. The largest absolute Gasteiger partial charge is 0.399 e. The van der Waals surface area contributed by atoms with Crippen molar-refractivity contribution < 1.29 is 9.53 Å². The molecule has 0 unspecified atom stereocenters.